The topological polar surface area (TPSA) is 96.3 Å². The quantitative estimate of drug-likeness (QED) is 0.688. The number of hydrogen-bond acceptors (Lipinski definition) is 3. The van der Waals surface area contributed by atoms with Gasteiger partial charge >= 0.3 is 12.0 Å². The summed E-state index contributed by atoms with van der Waals surface area (Å²) < 4.78 is 1.73. The minimum Gasteiger partial charge on any atom is -0.480 e. The molecule has 0 aliphatic carbocycles. The molecule has 2 amide bonds. The lowest BCUT2D eigenvalue weighted by Gasteiger charge is -2.16. The van der Waals surface area contributed by atoms with Crippen molar-refractivity contribution >= 4 is 12.0 Å². The number of carbonyl (C=O) groups is 2. The second-order valence-corrected chi connectivity index (χ2v) is 5.12. The molecule has 0 saturated carbocycles. The molecule has 1 aromatic rings. The Bertz CT molecular complexity index is 456. The number of hydrogen-bond donors (Lipinski definition) is 3. The van der Waals surface area contributed by atoms with Crippen LogP contribution in [0.4, 0.5) is 4.79 Å². The molecule has 0 radical (unpaired) electrons. The first-order chi connectivity index (χ1) is 9.40. The molecule has 1 aromatic heterocycles. The van der Waals surface area contributed by atoms with E-state index in [4.69, 9.17) is 5.11 Å². The second kappa shape index (κ2) is 7.52. The zero-order valence-electron chi connectivity index (χ0n) is 12.1. The first kappa shape index (κ1) is 16.0. The molecule has 7 nitrogen and oxygen atoms in total. The van der Waals surface area contributed by atoms with E-state index < -0.39 is 18.0 Å². The summed E-state index contributed by atoms with van der Waals surface area (Å²) in [4.78, 5) is 22.7. The fraction of sp³-hybridized carbons (Fsp3) is 0.615. The maximum Gasteiger partial charge on any atom is 0.326 e. The number of carbonyl (C=O) groups excluding carboxylic acids is 1. The molecule has 0 aliphatic heterocycles. The molecular weight excluding hydrogens is 260 g/mol. The van der Waals surface area contributed by atoms with Crippen LogP contribution in [0.1, 0.15) is 26.0 Å². The van der Waals surface area contributed by atoms with Crippen LogP contribution in [0.5, 0.6) is 0 Å². The highest BCUT2D eigenvalue weighted by Crippen LogP contribution is 2.04. The van der Waals surface area contributed by atoms with Crippen molar-refractivity contribution in [3.63, 3.8) is 0 Å². The van der Waals surface area contributed by atoms with Crippen LogP contribution >= 0.6 is 0 Å². The highest BCUT2D eigenvalue weighted by atomic mass is 16.4. The molecule has 0 bridgehead atoms. The zero-order chi connectivity index (χ0) is 15.1. The number of urea groups is 1. The molecule has 0 aliphatic rings. The first-order valence-electron chi connectivity index (χ1n) is 6.64. The molecule has 0 saturated heterocycles. The van der Waals surface area contributed by atoms with Gasteiger partial charge in [0.1, 0.15) is 6.04 Å². The van der Waals surface area contributed by atoms with Crippen LogP contribution in [-0.4, -0.2) is 39.5 Å². The van der Waals surface area contributed by atoms with E-state index in [0.717, 1.165) is 5.69 Å². The van der Waals surface area contributed by atoms with Crippen LogP contribution < -0.4 is 10.6 Å². The minimum absolute atomic E-state index is 0.200. The number of aliphatic carboxylic acids is 1. The van der Waals surface area contributed by atoms with Crippen LogP contribution in [0.15, 0.2) is 12.3 Å². The van der Waals surface area contributed by atoms with Crippen molar-refractivity contribution in [2.75, 3.05) is 6.54 Å². The number of nitrogens with one attached hydrogen (secondary N) is 2. The predicted octanol–water partition coefficient (Wildman–Crippen LogP) is 0.761. The summed E-state index contributed by atoms with van der Waals surface area (Å²) in [6.45, 7) is 4.26. The van der Waals surface area contributed by atoms with Gasteiger partial charge in [-0.05, 0) is 18.4 Å². The van der Waals surface area contributed by atoms with Crippen LogP contribution in [0.2, 0.25) is 0 Å². The average Bonchev–Trinajstić information content (AvgIpc) is 2.73. The van der Waals surface area contributed by atoms with Crippen LogP contribution in [0.3, 0.4) is 0 Å². The van der Waals surface area contributed by atoms with Gasteiger partial charge in [0.2, 0.25) is 0 Å². The molecule has 1 rings (SSSR count). The van der Waals surface area contributed by atoms with E-state index in [9.17, 15) is 9.59 Å². The minimum atomic E-state index is -1.01. The molecular formula is C13H22N4O3. The maximum absolute atomic E-state index is 11.6. The Labute approximate surface area is 118 Å². The number of rotatable bonds is 7. The van der Waals surface area contributed by atoms with Gasteiger partial charge in [0.05, 0.1) is 0 Å². The SMILES string of the molecule is CC(C)C[C@H](NC(=O)NCCc1ccnn1C)C(=O)O. The van der Waals surface area contributed by atoms with Gasteiger partial charge < -0.3 is 15.7 Å². The number of carboxylic acids is 1. The smallest absolute Gasteiger partial charge is 0.326 e. The van der Waals surface area contributed by atoms with Crippen LogP contribution in [-0.2, 0) is 18.3 Å². The number of carboxylic acid groups (broad SMARTS) is 1. The normalized spacial score (nSPS) is 12.2. The summed E-state index contributed by atoms with van der Waals surface area (Å²) in [5.41, 5.74) is 1.00. The Hall–Kier alpha value is -2.05. The molecule has 0 fully saturated rings. The lowest BCUT2D eigenvalue weighted by atomic mass is 10.0. The molecule has 0 unspecified atom stereocenters. The van der Waals surface area contributed by atoms with Crippen molar-refractivity contribution in [3.8, 4) is 0 Å². The highest BCUT2D eigenvalue weighted by molar-refractivity contribution is 5.82. The summed E-state index contributed by atoms with van der Waals surface area (Å²) in [7, 11) is 1.83. The summed E-state index contributed by atoms with van der Waals surface area (Å²) in [5, 5.41) is 18.2. The van der Waals surface area contributed by atoms with E-state index in [1.807, 2.05) is 27.0 Å². The number of amides is 2. The number of aromatic nitrogens is 2. The monoisotopic (exact) mass is 282 g/mol. The van der Waals surface area contributed by atoms with E-state index in [2.05, 4.69) is 15.7 Å². The Kier molecular flexibility index (Phi) is 6.02. The van der Waals surface area contributed by atoms with Crippen molar-refractivity contribution < 1.29 is 14.7 Å². The standard InChI is InChI=1S/C13H22N4O3/c1-9(2)8-11(12(18)19)16-13(20)14-6-4-10-5-7-15-17(10)3/h5,7,9,11H,4,6,8H2,1-3H3,(H,18,19)(H2,14,16,20)/t11-/m0/s1. The van der Waals surface area contributed by atoms with E-state index in [1.54, 1.807) is 10.9 Å². The first-order valence-corrected chi connectivity index (χ1v) is 6.64. The summed E-state index contributed by atoms with van der Waals surface area (Å²) >= 11 is 0. The molecule has 0 aromatic carbocycles. The van der Waals surface area contributed by atoms with E-state index in [-0.39, 0.29) is 5.92 Å². The molecule has 1 heterocycles. The lowest BCUT2D eigenvalue weighted by molar-refractivity contribution is -0.139. The molecule has 112 valence electrons. The summed E-state index contributed by atoms with van der Waals surface area (Å²) in [5.74, 6) is -0.814. The van der Waals surface area contributed by atoms with E-state index >= 15 is 0 Å². The molecule has 20 heavy (non-hydrogen) atoms. The van der Waals surface area contributed by atoms with Crippen molar-refractivity contribution in [2.45, 2.75) is 32.7 Å². The maximum atomic E-state index is 11.6. The largest absolute Gasteiger partial charge is 0.480 e. The van der Waals surface area contributed by atoms with Crippen LogP contribution in [0, 0.1) is 5.92 Å². The Morgan fingerprint density at radius 2 is 2.15 bits per heavy atom. The van der Waals surface area contributed by atoms with Gasteiger partial charge in [0.15, 0.2) is 0 Å². The zero-order valence-corrected chi connectivity index (χ0v) is 12.1. The Morgan fingerprint density at radius 3 is 2.65 bits per heavy atom. The van der Waals surface area contributed by atoms with Crippen molar-refractivity contribution in [3.05, 3.63) is 18.0 Å². The van der Waals surface area contributed by atoms with Gasteiger partial charge in [0, 0.05) is 31.9 Å². The second-order valence-electron chi connectivity index (χ2n) is 5.12. The number of nitrogens with zero attached hydrogens (tertiary/aromatic N) is 2. The van der Waals surface area contributed by atoms with Crippen molar-refractivity contribution in [1.29, 1.82) is 0 Å². The van der Waals surface area contributed by atoms with Gasteiger partial charge in [0.25, 0.3) is 0 Å². The molecule has 3 N–H and O–H groups in total. The molecule has 1 atom stereocenters. The summed E-state index contributed by atoms with van der Waals surface area (Å²) in [6.07, 6.45) is 2.74. The fourth-order valence-corrected chi connectivity index (χ4v) is 1.85. The van der Waals surface area contributed by atoms with E-state index in [0.29, 0.717) is 19.4 Å². The van der Waals surface area contributed by atoms with Gasteiger partial charge in [-0.3, -0.25) is 4.68 Å². The Morgan fingerprint density at radius 1 is 1.45 bits per heavy atom. The highest BCUT2D eigenvalue weighted by Gasteiger charge is 2.20. The van der Waals surface area contributed by atoms with Gasteiger partial charge in [-0.2, -0.15) is 5.10 Å². The van der Waals surface area contributed by atoms with Crippen molar-refractivity contribution in [2.24, 2.45) is 13.0 Å². The molecule has 7 heteroatoms. The van der Waals surface area contributed by atoms with Gasteiger partial charge in [-0.15, -0.1) is 0 Å². The Balaban J connectivity index is 2.35. The van der Waals surface area contributed by atoms with Crippen LogP contribution in [0.25, 0.3) is 0 Å². The van der Waals surface area contributed by atoms with Crippen molar-refractivity contribution in [1.82, 2.24) is 20.4 Å². The van der Waals surface area contributed by atoms with Gasteiger partial charge in [-0.25, -0.2) is 9.59 Å². The summed E-state index contributed by atoms with van der Waals surface area (Å²) in [6, 6.07) is 0.560. The average molecular weight is 282 g/mol. The fourth-order valence-electron chi connectivity index (χ4n) is 1.85. The predicted molar refractivity (Wildman–Crippen MR) is 74.3 cm³/mol. The number of aryl methyl sites for hydroxylation is 1. The lowest BCUT2D eigenvalue weighted by Crippen LogP contribution is -2.47. The van der Waals surface area contributed by atoms with Gasteiger partial charge in [-0.1, -0.05) is 13.8 Å². The third-order valence-electron chi connectivity index (χ3n) is 2.90. The molecule has 0 spiro atoms. The third-order valence-corrected chi connectivity index (χ3v) is 2.90. The van der Waals surface area contributed by atoms with E-state index in [1.165, 1.54) is 0 Å². The third kappa shape index (κ3) is 5.29.